The van der Waals surface area contributed by atoms with E-state index in [1.807, 2.05) is 4.90 Å². The molecular weight excluding hydrogens is 224 g/mol. The van der Waals surface area contributed by atoms with E-state index in [-0.39, 0.29) is 18.4 Å². The van der Waals surface area contributed by atoms with Crippen molar-refractivity contribution < 1.29 is 19.1 Å². The highest BCUT2D eigenvalue weighted by Crippen LogP contribution is 2.18. The highest BCUT2D eigenvalue weighted by Gasteiger charge is 2.32. The lowest BCUT2D eigenvalue weighted by Gasteiger charge is -2.32. The van der Waals surface area contributed by atoms with E-state index in [4.69, 9.17) is 9.47 Å². The summed E-state index contributed by atoms with van der Waals surface area (Å²) >= 11 is 0. The average Bonchev–Trinajstić information content (AvgIpc) is 3.12. The van der Waals surface area contributed by atoms with E-state index in [1.165, 1.54) is 7.11 Å². The average molecular weight is 242 g/mol. The summed E-state index contributed by atoms with van der Waals surface area (Å²) in [5.74, 6) is -0.368. The van der Waals surface area contributed by atoms with Gasteiger partial charge in [0.15, 0.2) is 0 Å². The quantitative estimate of drug-likeness (QED) is 0.650. The Bertz CT molecular complexity index is 304. The van der Waals surface area contributed by atoms with Gasteiger partial charge >= 0.3 is 5.97 Å². The van der Waals surface area contributed by atoms with Crippen LogP contribution in [0.25, 0.3) is 0 Å². The minimum Gasteiger partial charge on any atom is -0.468 e. The summed E-state index contributed by atoms with van der Waals surface area (Å²) in [5, 5.41) is 2.91. The standard InChI is InChI=1S/C11H18N2O4/c1-16-11(15)9-7-17-5-4-13(9)6-10(14)12-8-2-3-8/h8-9H,2-7H2,1H3,(H,12,14)/t9-/m0/s1. The molecule has 96 valence electrons. The van der Waals surface area contributed by atoms with Crippen LogP contribution < -0.4 is 5.32 Å². The van der Waals surface area contributed by atoms with Crippen molar-refractivity contribution in [2.45, 2.75) is 24.9 Å². The molecule has 1 saturated carbocycles. The fourth-order valence-electron chi connectivity index (χ4n) is 1.87. The summed E-state index contributed by atoms with van der Waals surface area (Å²) < 4.78 is 9.94. The van der Waals surface area contributed by atoms with Crippen molar-refractivity contribution in [2.24, 2.45) is 0 Å². The Morgan fingerprint density at radius 3 is 2.88 bits per heavy atom. The number of ether oxygens (including phenoxy) is 2. The zero-order chi connectivity index (χ0) is 12.3. The molecule has 1 aliphatic carbocycles. The van der Waals surface area contributed by atoms with E-state index in [0.717, 1.165) is 12.8 Å². The molecule has 0 spiro atoms. The van der Waals surface area contributed by atoms with Crippen molar-refractivity contribution in [3.05, 3.63) is 0 Å². The molecule has 1 atom stereocenters. The number of nitrogens with zero attached hydrogens (tertiary/aromatic N) is 1. The van der Waals surface area contributed by atoms with Gasteiger partial charge in [-0.25, -0.2) is 0 Å². The van der Waals surface area contributed by atoms with Crippen molar-refractivity contribution in [1.29, 1.82) is 0 Å². The van der Waals surface area contributed by atoms with E-state index < -0.39 is 6.04 Å². The first-order valence-electron chi connectivity index (χ1n) is 5.89. The highest BCUT2D eigenvalue weighted by atomic mass is 16.5. The first-order chi connectivity index (χ1) is 8.20. The number of hydrogen-bond donors (Lipinski definition) is 1. The van der Waals surface area contributed by atoms with Gasteiger partial charge in [0.05, 0.1) is 26.9 Å². The molecule has 1 N–H and O–H groups in total. The molecule has 2 rings (SSSR count). The van der Waals surface area contributed by atoms with E-state index in [2.05, 4.69) is 5.32 Å². The Hall–Kier alpha value is -1.14. The van der Waals surface area contributed by atoms with Crippen LogP contribution in [0.15, 0.2) is 0 Å². The van der Waals surface area contributed by atoms with Crippen molar-refractivity contribution in [3.63, 3.8) is 0 Å². The number of nitrogens with one attached hydrogen (secondary N) is 1. The number of methoxy groups -OCH3 is 1. The number of hydrogen-bond acceptors (Lipinski definition) is 5. The van der Waals surface area contributed by atoms with Gasteiger partial charge < -0.3 is 14.8 Å². The van der Waals surface area contributed by atoms with Crippen LogP contribution in [-0.2, 0) is 19.1 Å². The second-order valence-electron chi connectivity index (χ2n) is 4.43. The SMILES string of the molecule is COC(=O)[C@@H]1COCCN1CC(=O)NC1CC1. The number of amides is 1. The molecule has 1 aliphatic heterocycles. The highest BCUT2D eigenvalue weighted by molar-refractivity contribution is 5.81. The molecule has 2 fully saturated rings. The number of rotatable bonds is 4. The molecule has 1 heterocycles. The Labute approximate surface area is 100 Å². The summed E-state index contributed by atoms with van der Waals surface area (Å²) in [6, 6.07) is -0.112. The van der Waals surface area contributed by atoms with Crippen LogP contribution >= 0.6 is 0 Å². The lowest BCUT2D eigenvalue weighted by atomic mass is 10.2. The first-order valence-corrected chi connectivity index (χ1v) is 5.89. The smallest absolute Gasteiger partial charge is 0.325 e. The second-order valence-corrected chi connectivity index (χ2v) is 4.43. The summed E-state index contributed by atoms with van der Waals surface area (Å²) in [6.45, 7) is 1.66. The van der Waals surface area contributed by atoms with Crippen LogP contribution in [0.3, 0.4) is 0 Å². The summed E-state index contributed by atoms with van der Waals surface area (Å²) in [7, 11) is 1.35. The fourth-order valence-corrected chi connectivity index (χ4v) is 1.87. The maximum Gasteiger partial charge on any atom is 0.325 e. The van der Waals surface area contributed by atoms with Crippen molar-refractivity contribution in [1.82, 2.24) is 10.2 Å². The van der Waals surface area contributed by atoms with Crippen LogP contribution in [0.4, 0.5) is 0 Å². The molecule has 1 saturated heterocycles. The van der Waals surface area contributed by atoms with Gasteiger partial charge in [0.2, 0.25) is 5.91 Å². The second kappa shape index (κ2) is 5.46. The van der Waals surface area contributed by atoms with Crippen LogP contribution in [0.5, 0.6) is 0 Å². The maximum atomic E-state index is 11.7. The lowest BCUT2D eigenvalue weighted by Crippen LogP contribution is -2.53. The molecular formula is C11H18N2O4. The van der Waals surface area contributed by atoms with E-state index >= 15 is 0 Å². The van der Waals surface area contributed by atoms with Gasteiger partial charge in [-0.3, -0.25) is 14.5 Å². The summed E-state index contributed by atoms with van der Waals surface area (Å²) in [4.78, 5) is 25.0. The zero-order valence-corrected chi connectivity index (χ0v) is 9.98. The molecule has 17 heavy (non-hydrogen) atoms. The third kappa shape index (κ3) is 3.41. The van der Waals surface area contributed by atoms with Crippen molar-refractivity contribution in [2.75, 3.05) is 33.4 Å². The van der Waals surface area contributed by atoms with Crippen molar-refractivity contribution >= 4 is 11.9 Å². The minimum atomic E-state index is -0.460. The molecule has 0 aromatic rings. The van der Waals surface area contributed by atoms with Gasteiger partial charge in [0.25, 0.3) is 0 Å². The third-order valence-corrected chi connectivity index (χ3v) is 3.00. The zero-order valence-electron chi connectivity index (χ0n) is 9.98. The largest absolute Gasteiger partial charge is 0.468 e. The number of carbonyl (C=O) groups is 2. The molecule has 0 bridgehead atoms. The molecule has 2 aliphatic rings. The molecule has 0 aromatic carbocycles. The predicted octanol–water partition coefficient (Wildman–Crippen LogP) is -0.861. The third-order valence-electron chi connectivity index (χ3n) is 3.00. The Morgan fingerprint density at radius 2 is 2.24 bits per heavy atom. The van der Waals surface area contributed by atoms with Crippen molar-refractivity contribution in [3.8, 4) is 0 Å². The minimum absolute atomic E-state index is 0.0247. The molecule has 0 aromatic heterocycles. The Morgan fingerprint density at radius 1 is 1.47 bits per heavy atom. The topological polar surface area (TPSA) is 67.9 Å². The van der Waals surface area contributed by atoms with Crippen LogP contribution in [-0.4, -0.2) is 62.3 Å². The van der Waals surface area contributed by atoms with Gasteiger partial charge in [-0.05, 0) is 12.8 Å². The molecule has 6 heteroatoms. The van der Waals surface area contributed by atoms with Crippen LogP contribution in [0, 0.1) is 0 Å². The number of esters is 1. The van der Waals surface area contributed by atoms with Crippen LogP contribution in [0.1, 0.15) is 12.8 Å². The van der Waals surface area contributed by atoms with Gasteiger partial charge in [-0.2, -0.15) is 0 Å². The fraction of sp³-hybridized carbons (Fsp3) is 0.818. The Balaban J connectivity index is 1.86. The van der Waals surface area contributed by atoms with Gasteiger partial charge in [-0.15, -0.1) is 0 Å². The van der Waals surface area contributed by atoms with Crippen LogP contribution in [0.2, 0.25) is 0 Å². The molecule has 0 radical (unpaired) electrons. The summed E-state index contributed by atoms with van der Waals surface area (Å²) in [5.41, 5.74) is 0. The number of morpholine rings is 1. The maximum absolute atomic E-state index is 11.7. The lowest BCUT2D eigenvalue weighted by molar-refractivity contribution is -0.154. The van der Waals surface area contributed by atoms with Gasteiger partial charge in [0, 0.05) is 12.6 Å². The summed E-state index contributed by atoms with van der Waals surface area (Å²) in [6.07, 6.45) is 2.13. The predicted molar refractivity (Wildman–Crippen MR) is 59.4 cm³/mol. The molecule has 1 amide bonds. The monoisotopic (exact) mass is 242 g/mol. The van der Waals surface area contributed by atoms with E-state index in [1.54, 1.807) is 0 Å². The van der Waals surface area contributed by atoms with E-state index in [9.17, 15) is 9.59 Å². The van der Waals surface area contributed by atoms with E-state index in [0.29, 0.717) is 25.8 Å². The van der Waals surface area contributed by atoms with Gasteiger partial charge in [-0.1, -0.05) is 0 Å². The normalized spacial score (nSPS) is 25.4. The Kier molecular flexibility index (Phi) is 3.96. The van der Waals surface area contributed by atoms with Gasteiger partial charge in [0.1, 0.15) is 6.04 Å². The molecule has 6 nitrogen and oxygen atoms in total. The first kappa shape index (κ1) is 12.3. The molecule has 0 unspecified atom stereocenters. The number of carbonyl (C=O) groups excluding carboxylic acids is 2.